The van der Waals surface area contributed by atoms with E-state index in [2.05, 4.69) is 10.6 Å². The molecule has 4 N–H and O–H groups in total. The van der Waals surface area contributed by atoms with E-state index in [1.54, 1.807) is 0 Å². The normalized spacial score (nSPS) is 19.9. The molecule has 5 heteroatoms. The van der Waals surface area contributed by atoms with Gasteiger partial charge in [0.25, 0.3) is 0 Å². The van der Waals surface area contributed by atoms with Gasteiger partial charge in [-0.15, -0.1) is 0 Å². The maximum atomic E-state index is 8.58. The molecule has 1 aliphatic heterocycles. The summed E-state index contributed by atoms with van der Waals surface area (Å²) >= 11 is 4.84. The molecule has 0 aliphatic carbocycles. The van der Waals surface area contributed by atoms with Gasteiger partial charge in [0.2, 0.25) is 0 Å². The van der Waals surface area contributed by atoms with Gasteiger partial charge in [0.15, 0.2) is 18.4 Å². The predicted molar refractivity (Wildman–Crippen MR) is 41.5 cm³/mol. The summed E-state index contributed by atoms with van der Waals surface area (Å²) in [5.74, 6) is 0. The second kappa shape index (κ2) is 3.70. The Bertz CT molecular complexity index is 120. The lowest BCUT2D eigenvalue weighted by Crippen LogP contribution is -3.17. The van der Waals surface area contributed by atoms with Gasteiger partial charge in [-0.3, -0.25) is 4.90 Å². The van der Waals surface area contributed by atoms with E-state index in [0.29, 0.717) is 5.11 Å². The van der Waals surface area contributed by atoms with Crippen LogP contribution in [0.5, 0.6) is 0 Å². The fourth-order valence-electron chi connectivity index (χ4n) is 0.870. The van der Waals surface area contributed by atoms with Crippen molar-refractivity contribution in [2.24, 2.45) is 0 Å². The standard InChI is InChI=1S/C5H11N3OS/c9-2-1-8-3-6-5(10)7-4-8/h9H,1-4H2,(H2,6,7,10)/p+1. The van der Waals surface area contributed by atoms with Crippen LogP contribution >= 0.6 is 12.2 Å². The first-order valence-electron chi connectivity index (χ1n) is 3.29. The molecule has 0 bridgehead atoms. The predicted octanol–water partition coefficient (Wildman–Crippen LogP) is -2.74. The van der Waals surface area contributed by atoms with Gasteiger partial charge in [0.1, 0.15) is 6.54 Å². The number of rotatable bonds is 2. The van der Waals surface area contributed by atoms with E-state index in [9.17, 15) is 0 Å². The van der Waals surface area contributed by atoms with Crippen molar-refractivity contribution in [2.75, 3.05) is 26.5 Å². The lowest BCUT2D eigenvalue weighted by atomic mass is 10.5. The minimum atomic E-state index is 0.228. The fraction of sp³-hybridized carbons (Fsp3) is 0.800. The second-order valence-corrected chi connectivity index (χ2v) is 2.67. The van der Waals surface area contributed by atoms with Crippen LogP contribution in [0.2, 0.25) is 0 Å². The molecule has 4 nitrogen and oxygen atoms in total. The Kier molecular flexibility index (Phi) is 2.85. The minimum absolute atomic E-state index is 0.228. The van der Waals surface area contributed by atoms with Crippen molar-refractivity contribution in [2.45, 2.75) is 0 Å². The molecule has 1 aliphatic rings. The van der Waals surface area contributed by atoms with Crippen LogP contribution in [0.4, 0.5) is 0 Å². The summed E-state index contributed by atoms with van der Waals surface area (Å²) in [4.78, 5) is 1.27. The first-order valence-corrected chi connectivity index (χ1v) is 3.70. The van der Waals surface area contributed by atoms with Crippen LogP contribution in [0.25, 0.3) is 0 Å². The number of hydrogen-bond acceptors (Lipinski definition) is 2. The van der Waals surface area contributed by atoms with E-state index in [1.165, 1.54) is 4.90 Å². The molecule has 0 amide bonds. The highest BCUT2D eigenvalue weighted by atomic mass is 32.1. The Morgan fingerprint density at radius 1 is 1.50 bits per heavy atom. The Balaban J connectivity index is 2.19. The number of nitrogens with one attached hydrogen (secondary N) is 3. The van der Waals surface area contributed by atoms with Crippen molar-refractivity contribution in [1.82, 2.24) is 10.6 Å². The van der Waals surface area contributed by atoms with Gasteiger partial charge in [-0.05, 0) is 12.2 Å². The first kappa shape index (κ1) is 7.71. The molecule has 0 radical (unpaired) electrons. The van der Waals surface area contributed by atoms with Gasteiger partial charge >= 0.3 is 0 Å². The fourth-order valence-corrected chi connectivity index (χ4v) is 1.01. The number of hydrogen-bond donors (Lipinski definition) is 4. The molecule has 10 heavy (non-hydrogen) atoms. The molecule has 0 spiro atoms. The third kappa shape index (κ3) is 2.09. The van der Waals surface area contributed by atoms with Crippen molar-refractivity contribution in [3.05, 3.63) is 0 Å². The van der Waals surface area contributed by atoms with Gasteiger partial charge in [0, 0.05) is 0 Å². The van der Waals surface area contributed by atoms with Crippen molar-refractivity contribution >= 4 is 17.3 Å². The summed E-state index contributed by atoms with van der Waals surface area (Å²) in [7, 11) is 0. The molecule has 58 valence electrons. The maximum Gasteiger partial charge on any atom is 0.174 e. The molecule has 0 atom stereocenters. The van der Waals surface area contributed by atoms with Crippen molar-refractivity contribution in [3.8, 4) is 0 Å². The second-order valence-electron chi connectivity index (χ2n) is 2.26. The average molecular weight is 162 g/mol. The summed E-state index contributed by atoms with van der Waals surface area (Å²) in [6, 6.07) is 0. The van der Waals surface area contributed by atoms with Crippen LogP contribution in [-0.2, 0) is 0 Å². The van der Waals surface area contributed by atoms with Gasteiger partial charge in [-0.25, -0.2) is 0 Å². The van der Waals surface area contributed by atoms with Crippen molar-refractivity contribution in [1.29, 1.82) is 0 Å². The summed E-state index contributed by atoms with van der Waals surface area (Å²) in [5, 5.41) is 15.3. The van der Waals surface area contributed by atoms with E-state index in [-0.39, 0.29) is 6.61 Å². The number of quaternary nitrogens is 1. The van der Waals surface area contributed by atoms with E-state index in [1.807, 2.05) is 0 Å². The zero-order valence-electron chi connectivity index (χ0n) is 5.68. The molecule has 0 unspecified atom stereocenters. The number of aliphatic hydroxyl groups is 1. The average Bonchev–Trinajstić information content (AvgIpc) is 1.95. The Labute approximate surface area is 65.2 Å². The largest absolute Gasteiger partial charge is 0.391 e. The molecular formula is C5H12N3OS+. The SMILES string of the molecule is OCC[NH+]1CNC(=S)NC1. The molecule has 1 heterocycles. The van der Waals surface area contributed by atoms with Gasteiger partial charge in [-0.1, -0.05) is 0 Å². The lowest BCUT2D eigenvalue weighted by molar-refractivity contribution is -0.906. The maximum absolute atomic E-state index is 8.58. The molecular weight excluding hydrogens is 150 g/mol. The van der Waals surface area contributed by atoms with Crippen molar-refractivity contribution < 1.29 is 10.0 Å². The molecule has 1 saturated heterocycles. The summed E-state index contributed by atoms with van der Waals surface area (Å²) < 4.78 is 0. The highest BCUT2D eigenvalue weighted by molar-refractivity contribution is 7.80. The van der Waals surface area contributed by atoms with Crippen LogP contribution < -0.4 is 15.5 Å². The number of aliphatic hydroxyl groups excluding tert-OH is 1. The molecule has 0 aromatic carbocycles. The highest BCUT2D eigenvalue weighted by Gasteiger charge is 2.12. The Hall–Kier alpha value is -0.390. The van der Waals surface area contributed by atoms with Crippen LogP contribution in [0, 0.1) is 0 Å². The third-order valence-corrected chi connectivity index (χ3v) is 1.75. The van der Waals surface area contributed by atoms with Gasteiger partial charge < -0.3 is 15.7 Å². The molecule has 0 aromatic heterocycles. The van der Waals surface area contributed by atoms with Crippen LogP contribution in [-0.4, -0.2) is 36.7 Å². The van der Waals surface area contributed by atoms with Crippen LogP contribution in [0.1, 0.15) is 0 Å². The first-order chi connectivity index (χ1) is 4.83. The summed E-state index contributed by atoms with van der Waals surface area (Å²) in [5.41, 5.74) is 0. The van der Waals surface area contributed by atoms with Gasteiger partial charge in [0.05, 0.1) is 6.61 Å². The van der Waals surface area contributed by atoms with E-state index < -0.39 is 0 Å². The van der Waals surface area contributed by atoms with E-state index >= 15 is 0 Å². The summed E-state index contributed by atoms with van der Waals surface area (Å²) in [6.07, 6.45) is 0. The third-order valence-electron chi connectivity index (χ3n) is 1.46. The molecule has 1 rings (SSSR count). The zero-order chi connectivity index (χ0) is 7.40. The number of thiocarbonyl (C=S) groups is 1. The Morgan fingerprint density at radius 3 is 2.60 bits per heavy atom. The molecule has 0 saturated carbocycles. The van der Waals surface area contributed by atoms with Gasteiger partial charge in [-0.2, -0.15) is 0 Å². The topological polar surface area (TPSA) is 48.7 Å². The Morgan fingerprint density at radius 2 is 2.10 bits per heavy atom. The lowest BCUT2D eigenvalue weighted by Gasteiger charge is -2.25. The molecule has 1 fully saturated rings. The minimum Gasteiger partial charge on any atom is -0.391 e. The molecule has 0 aromatic rings. The van der Waals surface area contributed by atoms with E-state index in [0.717, 1.165) is 19.9 Å². The quantitative estimate of drug-likeness (QED) is 0.333. The van der Waals surface area contributed by atoms with Crippen LogP contribution in [0.15, 0.2) is 0 Å². The zero-order valence-corrected chi connectivity index (χ0v) is 6.50. The monoisotopic (exact) mass is 162 g/mol. The smallest absolute Gasteiger partial charge is 0.174 e. The van der Waals surface area contributed by atoms with Crippen molar-refractivity contribution in [3.63, 3.8) is 0 Å². The van der Waals surface area contributed by atoms with Crippen LogP contribution in [0.3, 0.4) is 0 Å². The van der Waals surface area contributed by atoms with E-state index in [4.69, 9.17) is 17.3 Å². The highest BCUT2D eigenvalue weighted by Crippen LogP contribution is 1.64. The summed E-state index contributed by atoms with van der Waals surface area (Å²) in [6.45, 7) is 2.62.